The van der Waals surface area contributed by atoms with Crippen LogP contribution in [-0.4, -0.2) is 50.8 Å². The van der Waals surface area contributed by atoms with Crippen LogP contribution in [0.2, 0.25) is 0 Å². The van der Waals surface area contributed by atoms with Gasteiger partial charge in [-0.3, -0.25) is 9.59 Å². The van der Waals surface area contributed by atoms with Gasteiger partial charge >= 0.3 is 11.9 Å². The molecule has 0 radical (unpaired) electrons. The summed E-state index contributed by atoms with van der Waals surface area (Å²) in [5.74, 6) is -1.82. The van der Waals surface area contributed by atoms with Crippen LogP contribution in [0.5, 0.6) is 0 Å². The quantitative estimate of drug-likeness (QED) is 0.693. The summed E-state index contributed by atoms with van der Waals surface area (Å²) in [6.07, 6.45) is 0.929. The van der Waals surface area contributed by atoms with E-state index in [1.165, 1.54) is 14.2 Å². The Bertz CT molecular complexity index is 364. The van der Waals surface area contributed by atoms with Gasteiger partial charge in [-0.2, -0.15) is 0 Å². The fourth-order valence-electron chi connectivity index (χ4n) is 2.06. The van der Waals surface area contributed by atoms with Gasteiger partial charge in [0, 0.05) is 6.61 Å². The first kappa shape index (κ1) is 16.4. The fraction of sp³-hybridized carbons (Fsp3) is 0.769. The topological polar surface area (TPSA) is 90.9 Å². The molecule has 0 bridgehead atoms. The molecule has 7 heteroatoms. The van der Waals surface area contributed by atoms with E-state index in [9.17, 15) is 14.4 Å². The van der Waals surface area contributed by atoms with Crippen molar-refractivity contribution in [3.8, 4) is 0 Å². The maximum absolute atomic E-state index is 12.0. The molecule has 0 aliphatic carbocycles. The molecular weight excluding hydrogens is 266 g/mol. The Morgan fingerprint density at radius 2 is 2.00 bits per heavy atom. The van der Waals surface area contributed by atoms with Crippen molar-refractivity contribution in [1.82, 2.24) is 5.32 Å². The summed E-state index contributed by atoms with van der Waals surface area (Å²) in [7, 11) is 2.51. The van der Waals surface area contributed by atoms with Crippen molar-refractivity contribution in [3.05, 3.63) is 0 Å². The third-order valence-corrected chi connectivity index (χ3v) is 3.26. The lowest BCUT2D eigenvalue weighted by atomic mass is 9.98. The third-order valence-electron chi connectivity index (χ3n) is 3.26. The SMILES string of the molecule is COC(=O)C[C@H](C)[C@H](NC(=O)[C@@H]1CCCO1)C(=O)OC. The molecule has 1 rings (SSSR count). The first-order valence-electron chi connectivity index (χ1n) is 6.56. The molecule has 0 saturated carbocycles. The lowest BCUT2D eigenvalue weighted by Gasteiger charge is -2.23. The molecule has 1 fully saturated rings. The van der Waals surface area contributed by atoms with Crippen molar-refractivity contribution in [2.75, 3.05) is 20.8 Å². The Labute approximate surface area is 117 Å². The second-order valence-corrected chi connectivity index (χ2v) is 4.77. The van der Waals surface area contributed by atoms with Crippen molar-refractivity contribution in [2.24, 2.45) is 5.92 Å². The van der Waals surface area contributed by atoms with Crippen molar-refractivity contribution in [3.63, 3.8) is 0 Å². The first-order chi connectivity index (χ1) is 9.49. The van der Waals surface area contributed by atoms with Gasteiger partial charge in [0.2, 0.25) is 5.91 Å². The van der Waals surface area contributed by atoms with Crippen LogP contribution in [0.15, 0.2) is 0 Å². The summed E-state index contributed by atoms with van der Waals surface area (Å²) < 4.78 is 14.5. The van der Waals surface area contributed by atoms with Crippen LogP contribution in [0.25, 0.3) is 0 Å². The largest absolute Gasteiger partial charge is 0.469 e. The van der Waals surface area contributed by atoms with Gasteiger partial charge in [0.1, 0.15) is 12.1 Å². The summed E-state index contributed by atoms with van der Waals surface area (Å²) in [6, 6.07) is -0.893. The summed E-state index contributed by atoms with van der Waals surface area (Å²) in [5, 5.41) is 2.59. The zero-order chi connectivity index (χ0) is 15.1. The van der Waals surface area contributed by atoms with Crippen LogP contribution in [-0.2, 0) is 28.6 Å². The minimum Gasteiger partial charge on any atom is -0.469 e. The molecule has 114 valence electrons. The molecule has 0 aromatic carbocycles. The molecule has 0 spiro atoms. The zero-order valence-electron chi connectivity index (χ0n) is 12.0. The molecule has 1 aliphatic heterocycles. The van der Waals surface area contributed by atoms with E-state index in [0.29, 0.717) is 13.0 Å². The van der Waals surface area contributed by atoms with E-state index in [4.69, 9.17) is 4.74 Å². The Balaban J connectivity index is 2.65. The summed E-state index contributed by atoms with van der Waals surface area (Å²) in [6.45, 7) is 2.22. The summed E-state index contributed by atoms with van der Waals surface area (Å²) in [5.41, 5.74) is 0. The number of carbonyl (C=O) groups is 3. The molecule has 1 amide bonds. The van der Waals surface area contributed by atoms with Crippen molar-refractivity contribution < 1.29 is 28.6 Å². The number of hydrogen-bond acceptors (Lipinski definition) is 6. The Kier molecular flexibility index (Phi) is 6.44. The zero-order valence-corrected chi connectivity index (χ0v) is 12.0. The van der Waals surface area contributed by atoms with E-state index in [2.05, 4.69) is 14.8 Å². The lowest BCUT2D eigenvalue weighted by Crippen LogP contribution is -2.49. The average molecular weight is 287 g/mol. The second-order valence-electron chi connectivity index (χ2n) is 4.77. The van der Waals surface area contributed by atoms with Crippen LogP contribution < -0.4 is 5.32 Å². The number of esters is 2. The van der Waals surface area contributed by atoms with Crippen LogP contribution in [0.4, 0.5) is 0 Å². The van der Waals surface area contributed by atoms with Gasteiger partial charge in [-0.05, 0) is 18.8 Å². The molecular formula is C13H21NO6. The number of ether oxygens (including phenoxy) is 3. The van der Waals surface area contributed by atoms with Gasteiger partial charge in [-0.1, -0.05) is 6.92 Å². The van der Waals surface area contributed by atoms with Gasteiger partial charge in [-0.15, -0.1) is 0 Å². The highest BCUT2D eigenvalue weighted by Gasteiger charge is 2.33. The normalized spacial score (nSPS) is 20.9. The molecule has 1 saturated heterocycles. The predicted octanol–water partition coefficient (Wildman–Crippen LogP) is 0.0224. The monoisotopic (exact) mass is 287 g/mol. The Hall–Kier alpha value is -1.63. The average Bonchev–Trinajstić information content (AvgIpc) is 2.97. The Morgan fingerprint density at radius 1 is 1.30 bits per heavy atom. The molecule has 3 atom stereocenters. The van der Waals surface area contributed by atoms with Gasteiger partial charge in [0.25, 0.3) is 0 Å². The standard InChI is InChI=1S/C13H21NO6/c1-8(7-10(15)18-2)11(13(17)19-3)14-12(16)9-5-4-6-20-9/h8-9,11H,4-7H2,1-3H3,(H,14,16)/t8-,9-,11-/m0/s1. The fourth-order valence-corrected chi connectivity index (χ4v) is 2.06. The maximum Gasteiger partial charge on any atom is 0.328 e. The molecule has 20 heavy (non-hydrogen) atoms. The van der Waals surface area contributed by atoms with E-state index in [1.807, 2.05) is 0 Å². The number of nitrogens with one attached hydrogen (secondary N) is 1. The molecule has 1 heterocycles. The molecule has 1 aliphatic rings. The van der Waals surface area contributed by atoms with E-state index >= 15 is 0 Å². The lowest BCUT2D eigenvalue weighted by molar-refractivity contribution is -0.149. The highest BCUT2D eigenvalue weighted by molar-refractivity contribution is 5.87. The van der Waals surface area contributed by atoms with Gasteiger partial charge < -0.3 is 19.5 Å². The van der Waals surface area contributed by atoms with Gasteiger partial charge in [0.15, 0.2) is 0 Å². The minimum atomic E-state index is -0.893. The molecule has 7 nitrogen and oxygen atoms in total. The van der Waals surface area contributed by atoms with Gasteiger partial charge in [0.05, 0.1) is 20.6 Å². The van der Waals surface area contributed by atoms with E-state index < -0.39 is 30.0 Å². The maximum atomic E-state index is 12.0. The predicted molar refractivity (Wildman–Crippen MR) is 68.7 cm³/mol. The molecule has 0 aromatic heterocycles. The highest BCUT2D eigenvalue weighted by atomic mass is 16.5. The van der Waals surface area contributed by atoms with Crippen LogP contribution >= 0.6 is 0 Å². The summed E-state index contributed by atoms with van der Waals surface area (Å²) in [4.78, 5) is 35.0. The van der Waals surface area contributed by atoms with E-state index in [1.54, 1.807) is 6.92 Å². The molecule has 1 N–H and O–H groups in total. The van der Waals surface area contributed by atoms with Crippen LogP contribution in [0, 0.1) is 5.92 Å². The molecule has 0 unspecified atom stereocenters. The van der Waals surface area contributed by atoms with Crippen LogP contribution in [0.3, 0.4) is 0 Å². The number of amides is 1. The first-order valence-corrected chi connectivity index (χ1v) is 6.56. The number of hydrogen-bond donors (Lipinski definition) is 1. The van der Waals surface area contributed by atoms with Crippen molar-refractivity contribution in [2.45, 2.75) is 38.3 Å². The second kappa shape index (κ2) is 7.84. The number of rotatable bonds is 6. The number of methoxy groups -OCH3 is 2. The molecule has 0 aromatic rings. The van der Waals surface area contributed by atoms with Gasteiger partial charge in [-0.25, -0.2) is 4.79 Å². The van der Waals surface area contributed by atoms with E-state index in [0.717, 1.165) is 6.42 Å². The van der Waals surface area contributed by atoms with E-state index in [-0.39, 0.29) is 12.3 Å². The smallest absolute Gasteiger partial charge is 0.328 e. The minimum absolute atomic E-state index is 0.0159. The number of carbonyl (C=O) groups excluding carboxylic acids is 3. The van der Waals surface area contributed by atoms with Crippen LogP contribution in [0.1, 0.15) is 26.2 Å². The summed E-state index contributed by atoms with van der Waals surface area (Å²) >= 11 is 0. The van der Waals surface area contributed by atoms with Crippen molar-refractivity contribution >= 4 is 17.8 Å². The Morgan fingerprint density at radius 3 is 2.50 bits per heavy atom. The third kappa shape index (κ3) is 4.48. The highest BCUT2D eigenvalue weighted by Crippen LogP contribution is 2.15. The van der Waals surface area contributed by atoms with Crippen molar-refractivity contribution in [1.29, 1.82) is 0 Å².